The van der Waals surface area contributed by atoms with Gasteiger partial charge in [-0.1, -0.05) is 78.4 Å². The summed E-state index contributed by atoms with van der Waals surface area (Å²) < 4.78 is 29.8. The molecular formula is C38H45N3O4S. The molecule has 0 saturated carbocycles. The third-order valence-corrected chi connectivity index (χ3v) is 9.54. The largest absolute Gasteiger partial charge is 0.350 e. The second-order valence-electron chi connectivity index (χ2n) is 13.1. The lowest BCUT2D eigenvalue weighted by atomic mass is 10.00. The molecule has 4 aromatic carbocycles. The number of amides is 2. The van der Waals surface area contributed by atoms with E-state index in [0.29, 0.717) is 5.69 Å². The van der Waals surface area contributed by atoms with Crippen LogP contribution >= 0.6 is 0 Å². The monoisotopic (exact) mass is 639 g/mol. The van der Waals surface area contributed by atoms with E-state index in [1.807, 2.05) is 109 Å². The minimum atomic E-state index is -4.16. The summed E-state index contributed by atoms with van der Waals surface area (Å²) in [6.07, 6.45) is 0.259. The number of carbonyl (C=O) groups is 2. The third kappa shape index (κ3) is 8.85. The fourth-order valence-corrected chi connectivity index (χ4v) is 6.84. The lowest BCUT2D eigenvalue weighted by Crippen LogP contribution is -2.56. The number of carbonyl (C=O) groups excluding carboxylic acids is 2. The SMILES string of the molecule is Cc1ccc(S(=O)(=O)N(CC(=O)N(Cc2ccccc2C)[C@@H](Cc2ccccc2)C(=O)NC(C)(C)C)c2cc(C)cc(C)c2)cc1. The second kappa shape index (κ2) is 14.3. The van der Waals surface area contributed by atoms with Crippen molar-refractivity contribution in [3.8, 4) is 0 Å². The molecule has 1 N–H and O–H groups in total. The van der Waals surface area contributed by atoms with Gasteiger partial charge in [-0.05, 0) is 101 Å². The van der Waals surface area contributed by atoms with E-state index in [9.17, 15) is 18.0 Å². The van der Waals surface area contributed by atoms with Crippen LogP contribution in [0.3, 0.4) is 0 Å². The summed E-state index contributed by atoms with van der Waals surface area (Å²) in [7, 11) is -4.16. The maximum atomic E-state index is 14.7. The van der Waals surface area contributed by atoms with E-state index in [1.165, 1.54) is 9.21 Å². The summed E-state index contributed by atoms with van der Waals surface area (Å²) in [6, 6.07) is 28.5. The van der Waals surface area contributed by atoms with Crippen LogP contribution in [-0.2, 0) is 32.6 Å². The van der Waals surface area contributed by atoms with Crippen molar-refractivity contribution >= 4 is 27.5 Å². The first kappa shape index (κ1) is 34.4. The summed E-state index contributed by atoms with van der Waals surface area (Å²) in [4.78, 5) is 30.4. The predicted molar refractivity (Wildman–Crippen MR) is 185 cm³/mol. The van der Waals surface area contributed by atoms with Gasteiger partial charge in [-0.25, -0.2) is 8.42 Å². The number of sulfonamides is 1. The standard InChI is InChI=1S/C38H45N3O4S/c1-27-17-19-34(20-18-27)46(44,45)41(33-22-28(2)21-29(3)23-33)26-36(42)40(25-32-16-12-11-13-30(32)4)35(37(43)39-38(5,6)7)24-31-14-9-8-10-15-31/h8-23,35H,24-26H2,1-7H3,(H,39,43)/t35-/m0/s1. The van der Waals surface area contributed by atoms with Gasteiger partial charge in [0, 0.05) is 18.5 Å². The smallest absolute Gasteiger partial charge is 0.264 e. The van der Waals surface area contributed by atoms with Gasteiger partial charge in [-0.15, -0.1) is 0 Å². The predicted octanol–water partition coefficient (Wildman–Crippen LogP) is 6.67. The van der Waals surface area contributed by atoms with Gasteiger partial charge in [-0.2, -0.15) is 0 Å². The molecule has 0 aliphatic carbocycles. The summed E-state index contributed by atoms with van der Waals surface area (Å²) in [5.41, 5.74) is 5.23. The molecule has 0 bridgehead atoms. The highest BCUT2D eigenvalue weighted by Gasteiger charge is 2.36. The Morgan fingerprint density at radius 1 is 0.761 bits per heavy atom. The van der Waals surface area contributed by atoms with E-state index in [4.69, 9.17) is 0 Å². The van der Waals surface area contributed by atoms with Crippen molar-refractivity contribution in [2.45, 2.75) is 77.9 Å². The van der Waals surface area contributed by atoms with Gasteiger partial charge < -0.3 is 10.2 Å². The molecule has 46 heavy (non-hydrogen) atoms. The Morgan fingerprint density at radius 3 is 1.93 bits per heavy atom. The van der Waals surface area contributed by atoms with Crippen LogP contribution in [0.1, 0.15) is 54.2 Å². The molecule has 0 aromatic heterocycles. The van der Waals surface area contributed by atoms with E-state index in [0.717, 1.165) is 33.4 Å². The molecular weight excluding hydrogens is 595 g/mol. The first-order valence-electron chi connectivity index (χ1n) is 15.5. The Bertz CT molecular complexity index is 1760. The highest BCUT2D eigenvalue weighted by Crippen LogP contribution is 2.27. The number of benzene rings is 4. The zero-order valence-electron chi connectivity index (χ0n) is 27.9. The molecule has 2 amide bonds. The van der Waals surface area contributed by atoms with Crippen LogP contribution in [0.25, 0.3) is 0 Å². The normalized spacial score (nSPS) is 12.3. The lowest BCUT2D eigenvalue weighted by molar-refractivity contribution is -0.140. The zero-order valence-corrected chi connectivity index (χ0v) is 28.7. The molecule has 0 saturated heterocycles. The van der Waals surface area contributed by atoms with Crippen LogP contribution in [0, 0.1) is 27.7 Å². The number of aryl methyl sites for hydroxylation is 4. The molecule has 7 nitrogen and oxygen atoms in total. The van der Waals surface area contributed by atoms with Gasteiger partial charge in [-0.3, -0.25) is 13.9 Å². The molecule has 8 heteroatoms. The molecule has 4 rings (SSSR count). The van der Waals surface area contributed by atoms with E-state index < -0.39 is 34.1 Å². The molecule has 0 unspecified atom stereocenters. The van der Waals surface area contributed by atoms with Crippen molar-refractivity contribution in [2.75, 3.05) is 10.8 Å². The molecule has 0 radical (unpaired) electrons. The van der Waals surface area contributed by atoms with Gasteiger partial charge >= 0.3 is 0 Å². The Morgan fingerprint density at radius 2 is 1.35 bits per heavy atom. The fraction of sp³-hybridized carbons (Fsp3) is 0.316. The minimum Gasteiger partial charge on any atom is -0.350 e. The molecule has 0 aliphatic heterocycles. The summed E-state index contributed by atoms with van der Waals surface area (Å²) >= 11 is 0. The third-order valence-electron chi connectivity index (χ3n) is 7.75. The molecule has 0 fully saturated rings. The van der Waals surface area contributed by atoms with Crippen molar-refractivity contribution in [1.82, 2.24) is 10.2 Å². The van der Waals surface area contributed by atoms with Crippen LogP contribution in [0.5, 0.6) is 0 Å². The summed E-state index contributed by atoms with van der Waals surface area (Å²) in [6.45, 7) is 13.0. The van der Waals surface area contributed by atoms with Gasteiger partial charge in [0.05, 0.1) is 10.6 Å². The Hall–Kier alpha value is -4.43. The van der Waals surface area contributed by atoms with Crippen molar-refractivity contribution in [2.24, 2.45) is 0 Å². The van der Waals surface area contributed by atoms with Gasteiger partial charge in [0.25, 0.3) is 10.0 Å². The maximum absolute atomic E-state index is 14.7. The van der Waals surface area contributed by atoms with E-state index in [2.05, 4.69) is 5.32 Å². The number of hydrogen-bond acceptors (Lipinski definition) is 4. The Kier molecular flexibility index (Phi) is 10.7. The van der Waals surface area contributed by atoms with E-state index >= 15 is 0 Å². The van der Waals surface area contributed by atoms with Gasteiger partial charge in [0.1, 0.15) is 12.6 Å². The van der Waals surface area contributed by atoms with E-state index in [1.54, 1.807) is 36.4 Å². The van der Waals surface area contributed by atoms with Crippen LogP contribution in [0.2, 0.25) is 0 Å². The Labute approximate surface area is 274 Å². The molecule has 1 atom stereocenters. The van der Waals surface area contributed by atoms with E-state index in [-0.39, 0.29) is 23.8 Å². The molecule has 0 spiro atoms. The fourth-order valence-electron chi connectivity index (χ4n) is 5.44. The maximum Gasteiger partial charge on any atom is 0.264 e. The van der Waals surface area contributed by atoms with Crippen LogP contribution in [-0.4, -0.2) is 43.3 Å². The zero-order chi connectivity index (χ0) is 33.6. The van der Waals surface area contributed by atoms with Crippen LogP contribution < -0.4 is 9.62 Å². The number of nitrogens with one attached hydrogen (secondary N) is 1. The minimum absolute atomic E-state index is 0.0850. The molecule has 242 valence electrons. The average Bonchev–Trinajstić information content (AvgIpc) is 2.97. The second-order valence-corrected chi connectivity index (χ2v) is 14.9. The van der Waals surface area contributed by atoms with Crippen molar-refractivity contribution in [3.05, 3.63) is 130 Å². The number of hydrogen-bond donors (Lipinski definition) is 1. The quantitative estimate of drug-likeness (QED) is 0.199. The first-order valence-corrected chi connectivity index (χ1v) is 17.0. The first-order chi connectivity index (χ1) is 21.6. The van der Waals surface area contributed by atoms with Crippen LogP contribution in [0.15, 0.2) is 102 Å². The Balaban J connectivity index is 1.85. The lowest BCUT2D eigenvalue weighted by Gasteiger charge is -2.35. The van der Waals surface area contributed by atoms with Crippen molar-refractivity contribution < 1.29 is 18.0 Å². The summed E-state index contributed by atoms with van der Waals surface area (Å²) in [5, 5.41) is 3.07. The van der Waals surface area contributed by atoms with Crippen molar-refractivity contribution in [3.63, 3.8) is 0 Å². The number of rotatable bonds is 11. The molecule has 0 aliphatic rings. The van der Waals surface area contributed by atoms with Crippen molar-refractivity contribution in [1.29, 1.82) is 0 Å². The molecule has 4 aromatic rings. The molecule has 0 heterocycles. The average molecular weight is 640 g/mol. The highest BCUT2D eigenvalue weighted by molar-refractivity contribution is 7.92. The number of anilines is 1. The summed E-state index contributed by atoms with van der Waals surface area (Å²) in [5.74, 6) is -0.791. The number of nitrogens with zero attached hydrogens (tertiary/aromatic N) is 2. The topological polar surface area (TPSA) is 86.8 Å². The highest BCUT2D eigenvalue weighted by atomic mass is 32.2. The van der Waals surface area contributed by atoms with Crippen LogP contribution in [0.4, 0.5) is 5.69 Å². The van der Waals surface area contributed by atoms with Gasteiger partial charge in [0.15, 0.2) is 0 Å². The van der Waals surface area contributed by atoms with Gasteiger partial charge in [0.2, 0.25) is 11.8 Å².